The number of nitrogens with one attached hydrogen (secondary N) is 3. The first-order chi connectivity index (χ1) is 9.99. The Morgan fingerprint density at radius 3 is 2.71 bits per heavy atom. The minimum Gasteiger partial charge on any atom is -0.384 e. The van der Waals surface area contributed by atoms with E-state index < -0.39 is 6.04 Å². The predicted octanol–water partition coefficient (Wildman–Crippen LogP) is 1.47. The van der Waals surface area contributed by atoms with Crippen LogP contribution >= 0.6 is 0 Å². The number of para-hydroxylation sites is 1. The molecule has 1 aliphatic rings. The summed E-state index contributed by atoms with van der Waals surface area (Å²) >= 11 is 0. The summed E-state index contributed by atoms with van der Waals surface area (Å²) in [6.45, 7) is 6.97. The Morgan fingerprint density at radius 2 is 2.00 bits per heavy atom. The van der Waals surface area contributed by atoms with E-state index in [0.717, 1.165) is 11.3 Å². The molecule has 21 heavy (non-hydrogen) atoms. The number of carbonyl (C=O) groups excluding carboxylic acids is 2. The molecule has 2 rings (SSSR count). The number of fused-ring (bicyclic) bond motifs is 1. The highest BCUT2D eigenvalue weighted by Crippen LogP contribution is 2.30. The molecule has 0 bridgehead atoms. The van der Waals surface area contributed by atoms with E-state index in [2.05, 4.69) is 16.0 Å². The Balaban J connectivity index is 1.92. The maximum Gasteiger partial charge on any atom is 0.242 e. The molecule has 0 aliphatic carbocycles. The van der Waals surface area contributed by atoms with E-state index in [-0.39, 0.29) is 17.7 Å². The maximum absolute atomic E-state index is 12.3. The zero-order chi connectivity index (χ0) is 15.4. The summed E-state index contributed by atoms with van der Waals surface area (Å²) < 4.78 is 0. The van der Waals surface area contributed by atoms with Crippen LogP contribution in [-0.2, 0) is 9.59 Å². The van der Waals surface area contributed by atoms with Gasteiger partial charge in [-0.3, -0.25) is 9.59 Å². The molecule has 114 valence electrons. The molecule has 0 fully saturated rings. The van der Waals surface area contributed by atoms with Crippen molar-refractivity contribution < 1.29 is 9.59 Å². The molecule has 1 aliphatic heterocycles. The summed E-state index contributed by atoms with van der Waals surface area (Å²) in [5.41, 5.74) is 1.99. The Morgan fingerprint density at radius 1 is 1.29 bits per heavy atom. The van der Waals surface area contributed by atoms with Crippen LogP contribution in [-0.4, -0.2) is 30.9 Å². The van der Waals surface area contributed by atoms with Crippen molar-refractivity contribution >= 4 is 17.5 Å². The first-order valence-electron chi connectivity index (χ1n) is 7.40. The van der Waals surface area contributed by atoms with Crippen LogP contribution in [0.1, 0.15) is 32.3 Å². The van der Waals surface area contributed by atoms with E-state index in [0.29, 0.717) is 19.0 Å². The average molecular weight is 289 g/mol. The molecule has 2 unspecified atom stereocenters. The van der Waals surface area contributed by atoms with Gasteiger partial charge in [-0.05, 0) is 24.5 Å². The molecule has 1 aromatic carbocycles. The lowest BCUT2D eigenvalue weighted by molar-refractivity contribution is -0.129. The van der Waals surface area contributed by atoms with Crippen molar-refractivity contribution in [3.05, 3.63) is 29.8 Å². The second kappa shape index (κ2) is 6.61. The van der Waals surface area contributed by atoms with E-state index in [1.807, 2.05) is 38.1 Å². The van der Waals surface area contributed by atoms with Crippen molar-refractivity contribution in [2.75, 3.05) is 18.4 Å². The van der Waals surface area contributed by atoms with E-state index in [9.17, 15) is 9.59 Å². The topological polar surface area (TPSA) is 70.2 Å². The van der Waals surface area contributed by atoms with E-state index in [1.54, 1.807) is 6.92 Å². The number of hydrogen-bond donors (Lipinski definition) is 3. The van der Waals surface area contributed by atoms with Gasteiger partial charge in [0, 0.05) is 18.8 Å². The van der Waals surface area contributed by atoms with Crippen molar-refractivity contribution in [2.24, 2.45) is 5.92 Å². The fraction of sp³-hybridized carbons (Fsp3) is 0.500. The normalized spacial score (nSPS) is 17.8. The highest BCUT2D eigenvalue weighted by atomic mass is 16.2. The number of anilines is 1. The van der Waals surface area contributed by atoms with Gasteiger partial charge in [0.15, 0.2) is 0 Å². The van der Waals surface area contributed by atoms with Crippen molar-refractivity contribution in [2.45, 2.75) is 32.7 Å². The van der Waals surface area contributed by atoms with Crippen LogP contribution in [0.25, 0.3) is 0 Å². The number of benzene rings is 1. The van der Waals surface area contributed by atoms with Gasteiger partial charge in [0.2, 0.25) is 11.8 Å². The van der Waals surface area contributed by atoms with Crippen molar-refractivity contribution in [3.8, 4) is 0 Å². The molecule has 2 amide bonds. The smallest absolute Gasteiger partial charge is 0.242 e. The Labute approximate surface area is 125 Å². The molecule has 0 saturated heterocycles. The average Bonchev–Trinajstić information content (AvgIpc) is 2.88. The zero-order valence-corrected chi connectivity index (χ0v) is 12.8. The Bertz CT molecular complexity index is 528. The summed E-state index contributed by atoms with van der Waals surface area (Å²) in [7, 11) is 0. The van der Waals surface area contributed by atoms with E-state index in [4.69, 9.17) is 0 Å². The van der Waals surface area contributed by atoms with Gasteiger partial charge in [-0.2, -0.15) is 0 Å². The number of carbonyl (C=O) groups is 2. The molecular formula is C16H23N3O2. The standard InChI is InChI=1S/C16H23N3O2/c1-10(2)8-18-15(20)11(3)19-16(21)13-9-17-14-7-5-4-6-12(13)14/h4-7,10-11,13,17H,8-9H2,1-3H3,(H,18,20)(H,19,21). The minimum absolute atomic E-state index is 0.111. The molecule has 0 spiro atoms. The van der Waals surface area contributed by atoms with Crippen molar-refractivity contribution in [3.63, 3.8) is 0 Å². The fourth-order valence-corrected chi connectivity index (χ4v) is 2.36. The highest BCUT2D eigenvalue weighted by molar-refractivity contribution is 5.92. The third kappa shape index (κ3) is 3.74. The van der Waals surface area contributed by atoms with E-state index >= 15 is 0 Å². The van der Waals surface area contributed by atoms with E-state index in [1.165, 1.54) is 0 Å². The molecule has 5 heteroatoms. The van der Waals surface area contributed by atoms with Crippen molar-refractivity contribution in [1.82, 2.24) is 10.6 Å². The first-order valence-corrected chi connectivity index (χ1v) is 7.40. The summed E-state index contributed by atoms with van der Waals surface area (Å²) in [4.78, 5) is 24.2. The predicted molar refractivity (Wildman–Crippen MR) is 83.1 cm³/mol. The molecule has 5 nitrogen and oxygen atoms in total. The van der Waals surface area contributed by atoms with Crippen LogP contribution < -0.4 is 16.0 Å². The molecule has 1 aromatic rings. The van der Waals surface area contributed by atoms with Gasteiger partial charge in [-0.15, -0.1) is 0 Å². The maximum atomic E-state index is 12.3. The van der Waals surface area contributed by atoms with Crippen LogP contribution in [0.2, 0.25) is 0 Å². The lowest BCUT2D eigenvalue weighted by Crippen LogP contribution is -2.47. The Kier molecular flexibility index (Phi) is 4.83. The SMILES string of the molecule is CC(C)CNC(=O)C(C)NC(=O)C1CNc2ccccc21. The van der Waals surface area contributed by atoms with Crippen molar-refractivity contribution in [1.29, 1.82) is 0 Å². The Hall–Kier alpha value is -2.04. The summed E-state index contributed by atoms with van der Waals surface area (Å²) in [5, 5.41) is 8.84. The van der Waals surface area contributed by atoms with Crippen LogP contribution in [0.5, 0.6) is 0 Å². The molecule has 1 heterocycles. The molecule has 0 saturated carbocycles. The lowest BCUT2D eigenvalue weighted by Gasteiger charge is -2.17. The zero-order valence-electron chi connectivity index (χ0n) is 12.8. The largest absolute Gasteiger partial charge is 0.384 e. The summed E-state index contributed by atoms with van der Waals surface area (Å²) in [5.74, 6) is -0.0970. The van der Waals surface area contributed by atoms with Gasteiger partial charge < -0.3 is 16.0 Å². The molecule has 2 atom stereocenters. The van der Waals surface area contributed by atoms with Crippen LogP contribution in [0.4, 0.5) is 5.69 Å². The van der Waals surface area contributed by atoms with Gasteiger partial charge in [0.25, 0.3) is 0 Å². The fourth-order valence-electron chi connectivity index (χ4n) is 2.36. The van der Waals surface area contributed by atoms with Crippen LogP contribution in [0.15, 0.2) is 24.3 Å². The monoisotopic (exact) mass is 289 g/mol. The van der Waals surface area contributed by atoms with Gasteiger partial charge in [-0.25, -0.2) is 0 Å². The second-order valence-electron chi connectivity index (χ2n) is 5.89. The molecule has 0 radical (unpaired) electrons. The quantitative estimate of drug-likeness (QED) is 0.769. The third-order valence-corrected chi connectivity index (χ3v) is 3.59. The highest BCUT2D eigenvalue weighted by Gasteiger charge is 2.29. The van der Waals surface area contributed by atoms with Crippen LogP contribution in [0, 0.1) is 5.92 Å². The first kappa shape index (κ1) is 15.4. The van der Waals surface area contributed by atoms with Gasteiger partial charge >= 0.3 is 0 Å². The third-order valence-electron chi connectivity index (χ3n) is 3.59. The molecule has 3 N–H and O–H groups in total. The number of rotatable bonds is 5. The van der Waals surface area contributed by atoms with Gasteiger partial charge in [0.05, 0.1) is 5.92 Å². The number of hydrogen-bond acceptors (Lipinski definition) is 3. The minimum atomic E-state index is -0.524. The number of amides is 2. The second-order valence-corrected chi connectivity index (χ2v) is 5.89. The lowest BCUT2D eigenvalue weighted by atomic mass is 10.0. The summed E-state index contributed by atoms with van der Waals surface area (Å²) in [6.07, 6.45) is 0. The summed E-state index contributed by atoms with van der Waals surface area (Å²) in [6, 6.07) is 7.24. The van der Waals surface area contributed by atoms with Gasteiger partial charge in [-0.1, -0.05) is 32.0 Å². The molecular weight excluding hydrogens is 266 g/mol. The van der Waals surface area contributed by atoms with Gasteiger partial charge in [0.1, 0.15) is 6.04 Å². The molecule has 0 aromatic heterocycles. The van der Waals surface area contributed by atoms with Crippen LogP contribution in [0.3, 0.4) is 0 Å².